The molecule has 4 heteroatoms. The smallest absolute Gasteiger partial charge is 0.135 e. The van der Waals surface area contributed by atoms with Crippen LogP contribution in [0.2, 0.25) is 0 Å². The fraction of sp³-hybridized carbons (Fsp3) is 0.750. The van der Waals surface area contributed by atoms with Gasteiger partial charge in [-0.15, -0.1) is 10.2 Å². The highest BCUT2D eigenvalue weighted by atomic mass is 15.3. The van der Waals surface area contributed by atoms with E-state index in [2.05, 4.69) is 40.0 Å². The number of nitrogens with one attached hydrogen (secondary N) is 1. The lowest BCUT2D eigenvalue weighted by atomic mass is 9.80. The molecule has 1 aromatic rings. The maximum absolute atomic E-state index is 4.25. The largest absolute Gasteiger partial charge is 0.316 e. The summed E-state index contributed by atoms with van der Waals surface area (Å²) in [5.41, 5.74) is 1.57. The lowest BCUT2D eigenvalue weighted by molar-refractivity contribution is 0.348. The van der Waals surface area contributed by atoms with Crippen molar-refractivity contribution in [3.05, 3.63) is 23.8 Å². The molecule has 1 fully saturated rings. The highest BCUT2D eigenvalue weighted by Crippen LogP contribution is 2.38. The maximum Gasteiger partial charge on any atom is 0.135 e. The summed E-state index contributed by atoms with van der Waals surface area (Å²) in [4.78, 5) is 0. The van der Waals surface area contributed by atoms with Crippen LogP contribution in [0.15, 0.2) is 18.0 Å². The van der Waals surface area contributed by atoms with Gasteiger partial charge in [0.1, 0.15) is 12.2 Å². The second-order valence-electron chi connectivity index (χ2n) is 6.47. The van der Waals surface area contributed by atoms with Gasteiger partial charge in [0.25, 0.3) is 0 Å². The van der Waals surface area contributed by atoms with Crippen molar-refractivity contribution in [2.75, 3.05) is 13.1 Å². The second-order valence-corrected chi connectivity index (χ2v) is 6.47. The molecule has 2 atom stereocenters. The summed E-state index contributed by atoms with van der Waals surface area (Å²) in [6.45, 7) is 7.77. The zero-order chi connectivity index (χ0) is 13.9. The van der Waals surface area contributed by atoms with Crippen LogP contribution in [-0.4, -0.2) is 27.9 Å². The Labute approximate surface area is 121 Å². The number of nitrogens with zero attached hydrogens (tertiary/aromatic N) is 3. The van der Waals surface area contributed by atoms with Crippen LogP contribution in [0.3, 0.4) is 0 Å². The summed E-state index contributed by atoms with van der Waals surface area (Å²) in [5, 5.41) is 11.9. The Morgan fingerprint density at radius 3 is 2.95 bits per heavy atom. The minimum atomic E-state index is 0.682. The van der Waals surface area contributed by atoms with Crippen LogP contribution < -0.4 is 5.32 Å². The molecule has 110 valence electrons. The Bertz CT molecular complexity index is 473. The summed E-state index contributed by atoms with van der Waals surface area (Å²) >= 11 is 0. The van der Waals surface area contributed by atoms with E-state index in [1.165, 1.54) is 31.5 Å². The minimum Gasteiger partial charge on any atom is -0.316 e. The zero-order valence-electron chi connectivity index (χ0n) is 12.7. The first-order valence-electron chi connectivity index (χ1n) is 8.00. The molecule has 0 aromatic carbocycles. The van der Waals surface area contributed by atoms with E-state index in [0.29, 0.717) is 11.8 Å². The molecule has 0 saturated heterocycles. The number of aromatic nitrogens is 3. The van der Waals surface area contributed by atoms with Crippen LogP contribution in [0.1, 0.15) is 51.3 Å². The second kappa shape index (κ2) is 6.08. The van der Waals surface area contributed by atoms with Gasteiger partial charge < -0.3 is 9.88 Å². The summed E-state index contributed by atoms with van der Waals surface area (Å²) in [5.74, 6) is 3.40. The van der Waals surface area contributed by atoms with Crippen molar-refractivity contribution in [1.82, 2.24) is 20.1 Å². The number of hydrogen-bond donors (Lipinski definition) is 1. The Kier molecular flexibility index (Phi) is 4.20. The van der Waals surface area contributed by atoms with Crippen LogP contribution in [0.25, 0.3) is 0 Å². The molecular formula is C16H26N4. The van der Waals surface area contributed by atoms with Crippen LogP contribution in [0.4, 0.5) is 0 Å². The van der Waals surface area contributed by atoms with Crippen molar-refractivity contribution in [1.29, 1.82) is 0 Å². The van der Waals surface area contributed by atoms with Crippen molar-refractivity contribution in [2.24, 2.45) is 11.8 Å². The maximum atomic E-state index is 4.25. The standard InChI is InChI=1S/C16H26N4/c1-12-4-3-5-13(2)15(12)10-17-8-9-20-11-18-19-16(20)14-6-7-14/h4,11,13-15,17H,3,5-10H2,1-2H3/t13-,15+/m1/s1. The van der Waals surface area contributed by atoms with Crippen molar-refractivity contribution in [3.63, 3.8) is 0 Å². The fourth-order valence-corrected chi connectivity index (χ4v) is 3.29. The van der Waals surface area contributed by atoms with Gasteiger partial charge >= 0.3 is 0 Å². The van der Waals surface area contributed by atoms with Crippen molar-refractivity contribution < 1.29 is 0 Å². The van der Waals surface area contributed by atoms with E-state index >= 15 is 0 Å². The van der Waals surface area contributed by atoms with E-state index in [0.717, 1.165) is 25.6 Å². The summed E-state index contributed by atoms with van der Waals surface area (Å²) in [7, 11) is 0. The van der Waals surface area contributed by atoms with Crippen LogP contribution in [0.5, 0.6) is 0 Å². The Balaban J connectivity index is 1.44. The topological polar surface area (TPSA) is 42.7 Å². The quantitative estimate of drug-likeness (QED) is 0.640. The molecule has 0 spiro atoms. The third-order valence-corrected chi connectivity index (χ3v) is 4.84. The molecule has 20 heavy (non-hydrogen) atoms. The lowest BCUT2D eigenvalue weighted by Crippen LogP contribution is -2.31. The van der Waals surface area contributed by atoms with Crippen LogP contribution in [-0.2, 0) is 6.54 Å². The van der Waals surface area contributed by atoms with E-state index < -0.39 is 0 Å². The highest BCUT2D eigenvalue weighted by Gasteiger charge is 2.28. The molecule has 4 nitrogen and oxygen atoms in total. The normalized spacial score (nSPS) is 26.6. The predicted molar refractivity (Wildman–Crippen MR) is 80.5 cm³/mol. The van der Waals surface area contributed by atoms with Gasteiger partial charge in [-0.2, -0.15) is 0 Å². The molecule has 2 aliphatic rings. The van der Waals surface area contributed by atoms with E-state index in [9.17, 15) is 0 Å². The molecule has 1 N–H and O–H groups in total. The van der Waals surface area contributed by atoms with E-state index in [1.54, 1.807) is 5.57 Å². The predicted octanol–water partition coefficient (Wildman–Crippen LogP) is 2.74. The summed E-state index contributed by atoms with van der Waals surface area (Å²) < 4.78 is 2.22. The van der Waals surface area contributed by atoms with Crippen LogP contribution in [0, 0.1) is 11.8 Å². The highest BCUT2D eigenvalue weighted by molar-refractivity contribution is 5.09. The van der Waals surface area contributed by atoms with E-state index in [4.69, 9.17) is 0 Å². The minimum absolute atomic E-state index is 0.682. The van der Waals surface area contributed by atoms with Gasteiger partial charge in [-0.25, -0.2) is 0 Å². The monoisotopic (exact) mass is 274 g/mol. The lowest BCUT2D eigenvalue weighted by Gasteiger charge is -2.29. The average molecular weight is 274 g/mol. The van der Waals surface area contributed by atoms with Gasteiger partial charge in [0.05, 0.1) is 0 Å². The van der Waals surface area contributed by atoms with Gasteiger partial charge in [-0.05, 0) is 44.4 Å². The van der Waals surface area contributed by atoms with Gasteiger partial charge in [0.15, 0.2) is 0 Å². The molecule has 0 unspecified atom stereocenters. The molecule has 2 aliphatic carbocycles. The molecule has 3 rings (SSSR count). The van der Waals surface area contributed by atoms with Crippen molar-refractivity contribution in [2.45, 2.75) is 52.0 Å². The Morgan fingerprint density at radius 2 is 2.20 bits per heavy atom. The molecule has 1 aromatic heterocycles. The summed E-state index contributed by atoms with van der Waals surface area (Å²) in [6.07, 6.45) is 9.46. The zero-order valence-corrected chi connectivity index (χ0v) is 12.7. The van der Waals surface area contributed by atoms with Gasteiger partial charge in [0.2, 0.25) is 0 Å². The van der Waals surface area contributed by atoms with Crippen molar-refractivity contribution in [3.8, 4) is 0 Å². The van der Waals surface area contributed by atoms with Crippen LogP contribution >= 0.6 is 0 Å². The molecule has 0 radical (unpaired) electrons. The average Bonchev–Trinajstić information content (AvgIpc) is 3.17. The number of hydrogen-bond acceptors (Lipinski definition) is 3. The molecule has 0 aliphatic heterocycles. The van der Waals surface area contributed by atoms with E-state index in [-0.39, 0.29) is 0 Å². The van der Waals surface area contributed by atoms with E-state index in [1.807, 2.05) is 6.33 Å². The molecule has 1 saturated carbocycles. The molecular weight excluding hydrogens is 248 g/mol. The molecule has 0 amide bonds. The first-order valence-corrected chi connectivity index (χ1v) is 8.00. The number of allylic oxidation sites excluding steroid dienone is 1. The Morgan fingerprint density at radius 1 is 1.35 bits per heavy atom. The van der Waals surface area contributed by atoms with Gasteiger partial charge in [0, 0.05) is 25.6 Å². The third-order valence-electron chi connectivity index (χ3n) is 4.84. The number of rotatable bonds is 6. The third kappa shape index (κ3) is 3.11. The molecule has 0 bridgehead atoms. The first kappa shape index (κ1) is 13.8. The molecule has 1 heterocycles. The SMILES string of the molecule is CC1=CCC[C@@H](C)[C@H]1CNCCn1cnnc1C1CC1. The fourth-order valence-electron chi connectivity index (χ4n) is 3.29. The summed E-state index contributed by atoms with van der Waals surface area (Å²) in [6, 6.07) is 0. The van der Waals surface area contributed by atoms with Gasteiger partial charge in [-0.1, -0.05) is 18.6 Å². The Hall–Kier alpha value is -1.16. The van der Waals surface area contributed by atoms with Crippen molar-refractivity contribution >= 4 is 0 Å². The van der Waals surface area contributed by atoms with Gasteiger partial charge in [-0.3, -0.25) is 0 Å². The first-order chi connectivity index (χ1) is 9.75.